The van der Waals surface area contributed by atoms with Crippen LogP contribution in [0.5, 0.6) is 23.0 Å². The summed E-state index contributed by atoms with van der Waals surface area (Å²) in [6.45, 7) is 0.241. The predicted octanol–water partition coefficient (Wildman–Crippen LogP) is 1.55. The summed E-state index contributed by atoms with van der Waals surface area (Å²) in [5.41, 5.74) is 6.64. The summed E-state index contributed by atoms with van der Waals surface area (Å²) < 4.78 is 40.4. The minimum atomic E-state index is -0.666. The number of rotatable bonds is 9. The third-order valence-electron chi connectivity index (χ3n) is 4.51. The van der Waals surface area contributed by atoms with E-state index in [1.54, 1.807) is 0 Å². The molecule has 9 nitrogen and oxygen atoms in total. The maximum atomic E-state index is 13.9. The molecule has 1 aliphatic rings. The molecule has 2 aromatic carbocycles. The standard InChI is InChI=1S/C21H23FN2O7/c1-27-16-7-13(8-17(28-2)20(16)30-10-18(23)25)21(26)24-4-3-12-5-15(22)6-14-9-29-11-31-19(12)14/h5-8H,3-4,9-11H2,1-2H3,(H2,23,25)(H,24,26). The molecular weight excluding hydrogens is 411 g/mol. The van der Waals surface area contributed by atoms with Gasteiger partial charge in [-0.05, 0) is 36.2 Å². The summed E-state index contributed by atoms with van der Waals surface area (Å²) in [5, 5.41) is 2.77. The second-order valence-corrected chi connectivity index (χ2v) is 6.63. The van der Waals surface area contributed by atoms with E-state index >= 15 is 0 Å². The summed E-state index contributed by atoms with van der Waals surface area (Å²) in [6, 6.07) is 5.67. The Balaban J connectivity index is 1.71. The first-order valence-corrected chi connectivity index (χ1v) is 9.40. The van der Waals surface area contributed by atoms with Crippen LogP contribution in [0.3, 0.4) is 0 Å². The van der Waals surface area contributed by atoms with Gasteiger partial charge in [-0.15, -0.1) is 0 Å². The van der Waals surface area contributed by atoms with Gasteiger partial charge in [0.1, 0.15) is 11.6 Å². The lowest BCUT2D eigenvalue weighted by Gasteiger charge is -2.21. The van der Waals surface area contributed by atoms with Crippen molar-refractivity contribution in [1.29, 1.82) is 0 Å². The number of ether oxygens (including phenoxy) is 5. The smallest absolute Gasteiger partial charge is 0.255 e. The van der Waals surface area contributed by atoms with E-state index < -0.39 is 17.6 Å². The van der Waals surface area contributed by atoms with Gasteiger partial charge in [0.2, 0.25) is 5.75 Å². The topological polar surface area (TPSA) is 118 Å². The van der Waals surface area contributed by atoms with E-state index in [2.05, 4.69) is 5.32 Å². The summed E-state index contributed by atoms with van der Waals surface area (Å²) in [5.74, 6) is -0.298. The number of benzene rings is 2. The van der Waals surface area contributed by atoms with Crippen molar-refractivity contribution in [3.8, 4) is 23.0 Å². The number of nitrogens with two attached hydrogens (primary N) is 1. The normalized spacial score (nSPS) is 12.4. The molecule has 1 heterocycles. The van der Waals surface area contributed by atoms with Crippen LogP contribution >= 0.6 is 0 Å². The summed E-state index contributed by atoms with van der Waals surface area (Å²) in [6.07, 6.45) is 0.361. The first-order valence-electron chi connectivity index (χ1n) is 9.40. The number of halogens is 1. The molecule has 0 bridgehead atoms. The Bertz CT molecular complexity index is 955. The molecule has 0 aliphatic carbocycles. The van der Waals surface area contributed by atoms with Crippen LogP contribution in [-0.4, -0.2) is 46.0 Å². The van der Waals surface area contributed by atoms with Gasteiger partial charge < -0.3 is 34.7 Å². The lowest BCUT2D eigenvalue weighted by molar-refractivity contribution is -0.120. The lowest BCUT2D eigenvalue weighted by Crippen LogP contribution is -2.26. The van der Waals surface area contributed by atoms with Crippen LogP contribution in [0.15, 0.2) is 24.3 Å². The van der Waals surface area contributed by atoms with Crippen LogP contribution in [0.2, 0.25) is 0 Å². The molecule has 1 aliphatic heterocycles. The number of carbonyl (C=O) groups is 2. The van der Waals surface area contributed by atoms with Crippen molar-refractivity contribution in [3.05, 3.63) is 46.8 Å². The Labute approximate surface area is 178 Å². The number of methoxy groups -OCH3 is 2. The Kier molecular flexibility index (Phi) is 7.14. The van der Waals surface area contributed by atoms with E-state index in [1.807, 2.05) is 0 Å². The van der Waals surface area contributed by atoms with E-state index in [1.165, 1.54) is 38.5 Å². The average molecular weight is 434 g/mol. The first-order chi connectivity index (χ1) is 14.9. The largest absolute Gasteiger partial charge is 0.493 e. The van der Waals surface area contributed by atoms with Gasteiger partial charge in [-0.25, -0.2) is 4.39 Å². The molecule has 2 aromatic rings. The Hall–Kier alpha value is -3.53. The van der Waals surface area contributed by atoms with E-state index in [9.17, 15) is 14.0 Å². The number of hydrogen-bond donors (Lipinski definition) is 2. The maximum absolute atomic E-state index is 13.9. The second kappa shape index (κ2) is 9.98. The predicted molar refractivity (Wildman–Crippen MR) is 107 cm³/mol. The fourth-order valence-electron chi connectivity index (χ4n) is 3.15. The van der Waals surface area contributed by atoms with Gasteiger partial charge in [-0.1, -0.05) is 0 Å². The molecule has 0 radical (unpaired) electrons. The Morgan fingerprint density at radius 1 is 1.16 bits per heavy atom. The van der Waals surface area contributed by atoms with Crippen molar-refractivity contribution in [2.75, 3.05) is 34.2 Å². The Morgan fingerprint density at radius 3 is 2.52 bits per heavy atom. The van der Waals surface area contributed by atoms with E-state index in [0.29, 0.717) is 23.3 Å². The number of nitrogens with one attached hydrogen (secondary N) is 1. The lowest BCUT2D eigenvalue weighted by atomic mass is 10.1. The van der Waals surface area contributed by atoms with Gasteiger partial charge in [0.15, 0.2) is 24.9 Å². The van der Waals surface area contributed by atoms with E-state index in [4.69, 9.17) is 29.4 Å². The second-order valence-electron chi connectivity index (χ2n) is 6.63. The molecular formula is C21H23FN2O7. The fourth-order valence-corrected chi connectivity index (χ4v) is 3.15. The quantitative estimate of drug-likeness (QED) is 0.615. The van der Waals surface area contributed by atoms with Crippen molar-refractivity contribution in [1.82, 2.24) is 5.32 Å². The van der Waals surface area contributed by atoms with E-state index in [0.717, 1.165) is 0 Å². The highest BCUT2D eigenvalue weighted by Gasteiger charge is 2.20. The highest BCUT2D eigenvalue weighted by molar-refractivity contribution is 5.95. The van der Waals surface area contributed by atoms with E-state index in [-0.39, 0.29) is 49.4 Å². The molecule has 0 fully saturated rings. The number of amides is 2. The third-order valence-corrected chi connectivity index (χ3v) is 4.51. The molecule has 10 heteroatoms. The molecule has 0 spiro atoms. The highest BCUT2D eigenvalue weighted by atomic mass is 19.1. The minimum absolute atomic E-state index is 0.0990. The fraction of sp³-hybridized carbons (Fsp3) is 0.333. The maximum Gasteiger partial charge on any atom is 0.255 e. The molecule has 0 aromatic heterocycles. The van der Waals surface area contributed by atoms with Gasteiger partial charge >= 0.3 is 0 Å². The van der Waals surface area contributed by atoms with Gasteiger partial charge in [0.05, 0.1) is 20.8 Å². The zero-order chi connectivity index (χ0) is 22.4. The molecule has 166 valence electrons. The van der Waals surface area contributed by atoms with Crippen molar-refractivity contribution >= 4 is 11.8 Å². The van der Waals surface area contributed by atoms with Gasteiger partial charge in [-0.3, -0.25) is 9.59 Å². The van der Waals surface area contributed by atoms with Crippen LogP contribution in [0.1, 0.15) is 21.5 Å². The molecule has 0 atom stereocenters. The van der Waals surface area contributed by atoms with Crippen LogP contribution in [0, 0.1) is 5.82 Å². The number of fused-ring (bicyclic) bond motifs is 1. The van der Waals surface area contributed by atoms with Crippen LogP contribution < -0.4 is 30.0 Å². The molecule has 2 amide bonds. The van der Waals surface area contributed by atoms with Crippen molar-refractivity contribution in [2.24, 2.45) is 5.73 Å². The molecule has 3 rings (SSSR count). The first kappa shape index (κ1) is 22.2. The molecule has 3 N–H and O–H groups in total. The van der Waals surface area contributed by atoms with Crippen LogP contribution in [0.25, 0.3) is 0 Å². The minimum Gasteiger partial charge on any atom is -0.493 e. The molecule has 0 saturated carbocycles. The van der Waals surface area contributed by atoms with Crippen molar-refractivity contribution in [2.45, 2.75) is 13.0 Å². The molecule has 0 unspecified atom stereocenters. The zero-order valence-electron chi connectivity index (χ0n) is 17.2. The number of hydrogen-bond acceptors (Lipinski definition) is 7. The molecule has 0 saturated heterocycles. The summed E-state index contributed by atoms with van der Waals surface area (Å²) >= 11 is 0. The number of carbonyl (C=O) groups excluding carboxylic acids is 2. The summed E-state index contributed by atoms with van der Waals surface area (Å²) in [7, 11) is 2.79. The van der Waals surface area contributed by atoms with Gasteiger partial charge in [-0.2, -0.15) is 0 Å². The van der Waals surface area contributed by atoms with Crippen LogP contribution in [-0.2, 0) is 22.6 Å². The Morgan fingerprint density at radius 2 is 1.87 bits per heavy atom. The SMILES string of the molecule is COc1cc(C(=O)NCCc2cc(F)cc3c2OCOC3)cc(OC)c1OCC(N)=O. The highest BCUT2D eigenvalue weighted by Crippen LogP contribution is 2.38. The van der Waals surface area contributed by atoms with Crippen molar-refractivity contribution < 1.29 is 37.7 Å². The third kappa shape index (κ3) is 5.34. The summed E-state index contributed by atoms with van der Waals surface area (Å²) in [4.78, 5) is 23.6. The van der Waals surface area contributed by atoms with Gasteiger partial charge in [0, 0.05) is 17.7 Å². The average Bonchev–Trinajstić information content (AvgIpc) is 2.76. The molecule has 31 heavy (non-hydrogen) atoms. The van der Waals surface area contributed by atoms with Crippen molar-refractivity contribution in [3.63, 3.8) is 0 Å². The zero-order valence-corrected chi connectivity index (χ0v) is 17.2. The van der Waals surface area contributed by atoms with Crippen LogP contribution in [0.4, 0.5) is 4.39 Å². The van der Waals surface area contributed by atoms with Gasteiger partial charge in [0.25, 0.3) is 11.8 Å². The number of primary amides is 1. The monoisotopic (exact) mass is 434 g/mol.